The Balaban J connectivity index is 1.55. The Hall–Kier alpha value is -3.68. The van der Waals surface area contributed by atoms with Crippen molar-refractivity contribution in [3.8, 4) is 5.75 Å². The van der Waals surface area contributed by atoms with Gasteiger partial charge in [0.1, 0.15) is 10.8 Å². The number of nitrogens with one attached hydrogen (secondary N) is 2. The van der Waals surface area contributed by atoms with E-state index in [-0.39, 0.29) is 42.9 Å². The third kappa shape index (κ3) is 6.16. The number of rotatable bonds is 9. The average molecular weight is 602 g/mol. The number of hydrogen-bond donors (Lipinski definition) is 2. The Kier molecular flexibility index (Phi) is 9.51. The molecule has 13 heteroatoms. The van der Waals surface area contributed by atoms with E-state index in [1.807, 2.05) is 13.8 Å². The summed E-state index contributed by atoms with van der Waals surface area (Å²) in [4.78, 5) is 42.2. The molecule has 220 valence electrons. The molecule has 1 aromatic heterocycles. The highest BCUT2D eigenvalue weighted by molar-refractivity contribution is 7.89. The lowest BCUT2D eigenvalue weighted by atomic mass is 10.1. The minimum Gasteiger partial charge on any atom is -0.495 e. The predicted octanol–water partition coefficient (Wildman–Crippen LogP) is 3.68. The van der Waals surface area contributed by atoms with E-state index in [2.05, 4.69) is 10.6 Å². The van der Waals surface area contributed by atoms with Crippen molar-refractivity contribution in [3.63, 3.8) is 0 Å². The quantitative estimate of drug-likeness (QED) is 0.385. The first-order chi connectivity index (χ1) is 19.7. The van der Waals surface area contributed by atoms with E-state index < -0.39 is 16.1 Å². The van der Waals surface area contributed by atoms with Crippen LogP contribution in [-0.4, -0.2) is 93.3 Å². The number of nitrogens with zero attached hydrogens (tertiary/aromatic N) is 3. The molecule has 2 heterocycles. The van der Waals surface area contributed by atoms with Crippen molar-refractivity contribution in [2.24, 2.45) is 0 Å². The maximum Gasteiger partial charge on any atom is 0.319 e. The van der Waals surface area contributed by atoms with Crippen LogP contribution in [0.25, 0.3) is 10.1 Å². The number of hydrogen-bond acceptors (Lipinski definition) is 7. The molecule has 0 unspecified atom stereocenters. The number of piperazine rings is 1. The lowest BCUT2D eigenvalue weighted by Gasteiger charge is -2.34. The van der Waals surface area contributed by atoms with Gasteiger partial charge in [0.2, 0.25) is 10.0 Å². The fourth-order valence-electron chi connectivity index (χ4n) is 4.78. The lowest BCUT2D eigenvalue weighted by molar-refractivity contribution is 0.0700. The van der Waals surface area contributed by atoms with Crippen LogP contribution in [0.2, 0.25) is 0 Å². The number of thiophene rings is 1. The molecular weight excluding hydrogens is 566 g/mol. The Bertz CT molecular complexity index is 1540. The van der Waals surface area contributed by atoms with Gasteiger partial charge in [-0.15, -0.1) is 11.3 Å². The molecule has 3 aromatic rings. The number of anilines is 1. The maximum absolute atomic E-state index is 13.8. The van der Waals surface area contributed by atoms with Crippen molar-refractivity contribution < 1.29 is 27.5 Å². The maximum atomic E-state index is 13.8. The van der Waals surface area contributed by atoms with Crippen molar-refractivity contribution in [1.29, 1.82) is 0 Å². The van der Waals surface area contributed by atoms with Gasteiger partial charge in [-0.25, -0.2) is 13.2 Å². The average Bonchev–Trinajstić information content (AvgIpc) is 3.35. The van der Waals surface area contributed by atoms with Gasteiger partial charge in [-0.1, -0.05) is 18.2 Å². The minimum atomic E-state index is -3.89. The molecule has 2 aromatic carbocycles. The summed E-state index contributed by atoms with van der Waals surface area (Å²) in [5, 5.41) is 6.51. The summed E-state index contributed by atoms with van der Waals surface area (Å²) >= 11 is 1.25. The molecule has 0 aliphatic carbocycles. The smallest absolute Gasteiger partial charge is 0.319 e. The van der Waals surface area contributed by atoms with Crippen LogP contribution in [0, 0.1) is 0 Å². The summed E-state index contributed by atoms with van der Waals surface area (Å²) in [6.07, 6.45) is 0. The number of carbonyl (C=O) groups excluding carboxylic acids is 3. The third-order valence-corrected chi connectivity index (χ3v) is 10.0. The summed E-state index contributed by atoms with van der Waals surface area (Å²) in [7, 11) is -2.35. The molecule has 0 saturated carbocycles. The molecule has 4 amide bonds. The van der Waals surface area contributed by atoms with E-state index in [1.54, 1.807) is 54.2 Å². The zero-order valence-corrected chi connectivity index (χ0v) is 25.2. The van der Waals surface area contributed by atoms with Crippen LogP contribution < -0.4 is 15.4 Å². The highest BCUT2D eigenvalue weighted by Gasteiger charge is 2.33. The molecule has 0 radical (unpaired) electrons. The lowest BCUT2D eigenvalue weighted by Crippen LogP contribution is -2.50. The normalized spacial score (nSPS) is 14.1. The molecule has 1 aliphatic heterocycles. The van der Waals surface area contributed by atoms with Gasteiger partial charge in [0.25, 0.3) is 11.8 Å². The largest absolute Gasteiger partial charge is 0.495 e. The molecule has 2 N–H and O–H groups in total. The highest BCUT2D eigenvalue weighted by Crippen LogP contribution is 2.41. The second kappa shape index (κ2) is 12.9. The molecular formula is C28H35N5O6S2. The van der Waals surface area contributed by atoms with Crippen molar-refractivity contribution in [2.45, 2.75) is 25.7 Å². The van der Waals surface area contributed by atoms with Gasteiger partial charge in [0.15, 0.2) is 0 Å². The van der Waals surface area contributed by atoms with Crippen molar-refractivity contribution in [1.82, 2.24) is 19.4 Å². The van der Waals surface area contributed by atoms with Crippen LogP contribution in [0.5, 0.6) is 5.75 Å². The van der Waals surface area contributed by atoms with Gasteiger partial charge in [-0.2, -0.15) is 4.31 Å². The number of ether oxygens (including phenoxy) is 1. The molecule has 4 rings (SSSR count). The summed E-state index contributed by atoms with van der Waals surface area (Å²) in [5.74, 6) is 0.0578. The van der Waals surface area contributed by atoms with E-state index in [1.165, 1.54) is 27.8 Å². The van der Waals surface area contributed by atoms with Crippen LogP contribution in [0.4, 0.5) is 9.80 Å². The van der Waals surface area contributed by atoms with Gasteiger partial charge >= 0.3 is 6.03 Å². The number of methoxy groups -OCH3 is 1. The molecule has 1 fully saturated rings. The summed E-state index contributed by atoms with van der Waals surface area (Å²) < 4.78 is 34.5. The van der Waals surface area contributed by atoms with E-state index in [9.17, 15) is 22.8 Å². The van der Waals surface area contributed by atoms with Gasteiger partial charge in [0, 0.05) is 56.8 Å². The Morgan fingerprint density at radius 2 is 1.68 bits per heavy atom. The molecule has 11 nitrogen and oxygen atoms in total. The fourth-order valence-corrected chi connectivity index (χ4v) is 7.43. The van der Waals surface area contributed by atoms with Crippen molar-refractivity contribution in [2.75, 3.05) is 58.2 Å². The molecule has 41 heavy (non-hydrogen) atoms. The second-order valence-electron chi connectivity index (χ2n) is 9.33. The van der Waals surface area contributed by atoms with Gasteiger partial charge in [-0.05, 0) is 45.0 Å². The molecule has 1 saturated heterocycles. The number of carbonyl (C=O) groups is 3. The SMILES string of the molecule is CCNC(=O)Nc1sc2c(OC)cccc2c1C(=O)N1CCN(S(=O)(=O)c2cccc(C(=O)N(CC)CC)c2)CC1. The zero-order chi connectivity index (χ0) is 29.7. The van der Waals surface area contributed by atoms with Crippen LogP contribution in [-0.2, 0) is 10.0 Å². The minimum absolute atomic E-state index is 0.0413. The summed E-state index contributed by atoms with van der Waals surface area (Å²) in [6.45, 7) is 7.52. The second-order valence-corrected chi connectivity index (χ2v) is 12.3. The summed E-state index contributed by atoms with van der Waals surface area (Å²) in [5.41, 5.74) is 0.657. The topological polar surface area (TPSA) is 128 Å². The number of sulfonamides is 1. The highest BCUT2D eigenvalue weighted by atomic mass is 32.2. The van der Waals surface area contributed by atoms with Crippen molar-refractivity contribution in [3.05, 3.63) is 53.6 Å². The van der Waals surface area contributed by atoms with Crippen LogP contribution >= 0.6 is 11.3 Å². The number of benzene rings is 2. The number of fused-ring (bicyclic) bond motifs is 1. The van der Waals surface area contributed by atoms with Crippen molar-refractivity contribution >= 4 is 54.3 Å². The fraction of sp³-hybridized carbons (Fsp3) is 0.393. The van der Waals surface area contributed by atoms with Gasteiger partial charge < -0.3 is 19.9 Å². The number of urea groups is 1. The van der Waals surface area contributed by atoms with Crippen LogP contribution in [0.3, 0.4) is 0 Å². The molecule has 0 bridgehead atoms. The Morgan fingerprint density at radius 1 is 1.00 bits per heavy atom. The third-order valence-electron chi connectivity index (χ3n) is 6.97. The van der Waals surface area contributed by atoms with Gasteiger partial charge in [0.05, 0.1) is 22.3 Å². The standard InChI is InChI=1S/C28H35N5O6S2/c1-5-29-28(36)30-25-23(21-12-9-13-22(39-4)24(21)40-25)27(35)32-14-16-33(17-15-32)41(37,38)20-11-8-10-19(18-20)26(34)31(6-2)7-3/h8-13,18H,5-7,14-17H2,1-4H3,(H2,29,30,36). The van der Waals surface area contributed by atoms with Crippen LogP contribution in [0.1, 0.15) is 41.5 Å². The summed E-state index contributed by atoms with van der Waals surface area (Å²) in [6, 6.07) is 11.0. The molecule has 0 atom stereocenters. The first-order valence-electron chi connectivity index (χ1n) is 13.5. The van der Waals surface area contributed by atoms with E-state index in [4.69, 9.17) is 4.74 Å². The number of amides is 4. The first kappa shape index (κ1) is 30.3. The molecule has 1 aliphatic rings. The van der Waals surface area contributed by atoms with Gasteiger partial charge in [-0.3, -0.25) is 14.9 Å². The van der Waals surface area contributed by atoms with E-state index in [0.29, 0.717) is 46.9 Å². The van der Waals surface area contributed by atoms with Crippen LogP contribution in [0.15, 0.2) is 47.4 Å². The predicted molar refractivity (Wildman–Crippen MR) is 159 cm³/mol. The Labute approximate surface area is 244 Å². The monoisotopic (exact) mass is 601 g/mol. The first-order valence-corrected chi connectivity index (χ1v) is 15.7. The molecule has 0 spiro atoms. The van der Waals surface area contributed by atoms with E-state index >= 15 is 0 Å². The van der Waals surface area contributed by atoms with E-state index in [0.717, 1.165) is 4.70 Å². The zero-order valence-electron chi connectivity index (χ0n) is 23.6. The Morgan fingerprint density at radius 3 is 2.32 bits per heavy atom.